The van der Waals surface area contributed by atoms with Gasteiger partial charge in [0.15, 0.2) is 0 Å². The number of ether oxygens (including phenoxy) is 1. The molecular weight excluding hydrogens is 200 g/mol. The molecule has 0 spiro atoms. The summed E-state index contributed by atoms with van der Waals surface area (Å²) in [6.07, 6.45) is 3.43. The van der Waals surface area contributed by atoms with Crippen molar-refractivity contribution >= 4 is 17.6 Å². The molecule has 0 aliphatic rings. The Morgan fingerprint density at radius 1 is 1.36 bits per heavy atom. The second kappa shape index (κ2) is 8.10. The third-order valence-corrected chi connectivity index (χ3v) is 2.94. The van der Waals surface area contributed by atoms with Gasteiger partial charge in [0.2, 0.25) is 0 Å². The van der Waals surface area contributed by atoms with E-state index in [-0.39, 0.29) is 11.3 Å². The van der Waals surface area contributed by atoms with Gasteiger partial charge in [-0.05, 0) is 25.7 Å². The first-order chi connectivity index (χ1) is 6.61. The monoisotopic (exact) mass is 220 g/mol. The van der Waals surface area contributed by atoms with Crippen molar-refractivity contribution in [1.29, 1.82) is 0 Å². The number of esters is 1. The van der Waals surface area contributed by atoms with Gasteiger partial charge in [0.25, 0.3) is 0 Å². The summed E-state index contributed by atoms with van der Waals surface area (Å²) in [4.78, 5) is 11.0. The van der Waals surface area contributed by atoms with Gasteiger partial charge in [-0.15, -0.1) is 11.6 Å². The molecule has 0 fully saturated rings. The van der Waals surface area contributed by atoms with Crippen molar-refractivity contribution in [2.75, 3.05) is 6.61 Å². The molecule has 0 saturated heterocycles. The molecule has 0 aliphatic carbocycles. The largest absolute Gasteiger partial charge is 0.466 e. The third kappa shape index (κ3) is 6.25. The van der Waals surface area contributed by atoms with Gasteiger partial charge in [-0.2, -0.15) is 0 Å². The number of rotatable bonds is 7. The van der Waals surface area contributed by atoms with Crippen LogP contribution >= 0.6 is 11.6 Å². The number of alkyl halides is 1. The van der Waals surface area contributed by atoms with Gasteiger partial charge in [0, 0.05) is 11.8 Å². The molecule has 0 heterocycles. The van der Waals surface area contributed by atoms with Crippen LogP contribution in [0.4, 0.5) is 0 Å². The first kappa shape index (κ1) is 13.8. The van der Waals surface area contributed by atoms with Crippen LogP contribution in [-0.2, 0) is 9.53 Å². The second-order valence-electron chi connectivity index (χ2n) is 3.63. The van der Waals surface area contributed by atoms with Gasteiger partial charge in [-0.3, -0.25) is 4.79 Å². The van der Waals surface area contributed by atoms with Crippen LogP contribution in [0.3, 0.4) is 0 Å². The van der Waals surface area contributed by atoms with Gasteiger partial charge in [0.05, 0.1) is 6.61 Å². The molecule has 0 aromatic carbocycles. The lowest BCUT2D eigenvalue weighted by Gasteiger charge is -2.16. The minimum Gasteiger partial charge on any atom is -0.466 e. The highest BCUT2D eigenvalue weighted by Gasteiger charge is 2.15. The topological polar surface area (TPSA) is 26.3 Å². The summed E-state index contributed by atoms with van der Waals surface area (Å²) >= 11 is 6.15. The SMILES string of the molecule is CCCC(C)C(Cl)CCC(=O)OCC. The first-order valence-electron chi connectivity index (χ1n) is 5.41. The minimum absolute atomic E-state index is 0.0966. The lowest BCUT2D eigenvalue weighted by molar-refractivity contribution is -0.143. The molecule has 0 aliphatic heterocycles. The highest BCUT2D eigenvalue weighted by molar-refractivity contribution is 6.20. The summed E-state index contributed by atoms with van der Waals surface area (Å²) in [5, 5.41) is 0.0966. The molecule has 14 heavy (non-hydrogen) atoms. The molecule has 0 amide bonds. The van der Waals surface area contributed by atoms with Gasteiger partial charge >= 0.3 is 5.97 Å². The molecule has 2 unspecified atom stereocenters. The van der Waals surface area contributed by atoms with Crippen LogP contribution in [0.2, 0.25) is 0 Å². The van der Waals surface area contributed by atoms with E-state index in [2.05, 4.69) is 13.8 Å². The van der Waals surface area contributed by atoms with Crippen LogP contribution in [0.15, 0.2) is 0 Å². The van der Waals surface area contributed by atoms with E-state index in [9.17, 15) is 4.79 Å². The van der Waals surface area contributed by atoms with Crippen LogP contribution in [-0.4, -0.2) is 18.0 Å². The van der Waals surface area contributed by atoms with Crippen molar-refractivity contribution in [3.8, 4) is 0 Å². The Kier molecular flexibility index (Phi) is 7.96. The Morgan fingerprint density at radius 3 is 2.50 bits per heavy atom. The Hall–Kier alpha value is -0.240. The van der Waals surface area contributed by atoms with Gasteiger partial charge < -0.3 is 4.74 Å². The first-order valence-corrected chi connectivity index (χ1v) is 5.85. The fourth-order valence-corrected chi connectivity index (χ4v) is 1.64. The average Bonchev–Trinajstić information content (AvgIpc) is 2.15. The molecule has 0 radical (unpaired) electrons. The number of halogens is 1. The van der Waals surface area contributed by atoms with E-state index in [1.165, 1.54) is 0 Å². The van der Waals surface area contributed by atoms with E-state index in [4.69, 9.17) is 16.3 Å². The van der Waals surface area contributed by atoms with Crippen molar-refractivity contribution in [2.45, 2.75) is 51.8 Å². The van der Waals surface area contributed by atoms with E-state index in [0.717, 1.165) is 19.3 Å². The van der Waals surface area contributed by atoms with E-state index < -0.39 is 0 Å². The van der Waals surface area contributed by atoms with Crippen LogP contribution in [0.25, 0.3) is 0 Å². The molecule has 0 saturated carbocycles. The van der Waals surface area contributed by atoms with Crippen LogP contribution < -0.4 is 0 Å². The van der Waals surface area contributed by atoms with Gasteiger partial charge in [-0.1, -0.05) is 20.3 Å². The maximum absolute atomic E-state index is 11.0. The Bertz CT molecular complexity index is 159. The fraction of sp³-hybridized carbons (Fsp3) is 0.909. The number of carbonyl (C=O) groups excluding carboxylic acids is 1. The fourth-order valence-electron chi connectivity index (χ4n) is 1.41. The summed E-state index contributed by atoms with van der Waals surface area (Å²) in [5.74, 6) is 0.345. The van der Waals surface area contributed by atoms with E-state index >= 15 is 0 Å². The molecule has 3 heteroatoms. The standard InChI is InChI=1S/C11H21ClO2/c1-4-6-9(3)10(12)7-8-11(13)14-5-2/h9-10H,4-8H2,1-3H3. The Balaban J connectivity index is 3.61. The van der Waals surface area contributed by atoms with E-state index in [1.54, 1.807) is 0 Å². The molecule has 2 atom stereocenters. The molecule has 0 rings (SSSR count). The normalized spacial score (nSPS) is 14.9. The van der Waals surface area contributed by atoms with Gasteiger partial charge in [0.1, 0.15) is 0 Å². The van der Waals surface area contributed by atoms with Crippen LogP contribution in [0.1, 0.15) is 46.5 Å². The molecule has 0 N–H and O–H groups in total. The maximum atomic E-state index is 11.0. The van der Waals surface area contributed by atoms with Crippen molar-refractivity contribution in [3.63, 3.8) is 0 Å². The lowest BCUT2D eigenvalue weighted by atomic mass is 9.99. The van der Waals surface area contributed by atoms with Crippen molar-refractivity contribution < 1.29 is 9.53 Å². The highest BCUT2D eigenvalue weighted by atomic mass is 35.5. The molecule has 84 valence electrons. The predicted octanol–water partition coefficient (Wildman–Crippen LogP) is 3.37. The minimum atomic E-state index is -0.137. The van der Waals surface area contributed by atoms with Gasteiger partial charge in [-0.25, -0.2) is 0 Å². The maximum Gasteiger partial charge on any atom is 0.305 e. The predicted molar refractivity (Wildman–Crippen MR) is 59.6 cm³/mol. The average molecular weight is 221 g/mol. The molecular formula is C11H21ClO2. The number of carbonyl (C=O) groups is 1. The number of hydrogen-bond acceptors (Lipinski definition) is 2. The molecule has 0 aromatic rings. The molecule has 2 nitrogen and oxygen atoms in total. The number of hydrogen-bond donors (Lipinski definition) is 0. The highest BCUT2D eigenvalue weighted by Crippen LogP contribution is 2.20. The molecule has 0 aromatic heterocycles. The van der Waals surface area contributed by atoms with Crippen LogP contribution in [0, 0.1) is 5.92 Å². The third-order valence-electron chi connectivity index (χ3n) is 2.29. The van der Waals surface area contributed by atoms with Crippen molar-refractivity contribution in [1.82, 2.24) is 0 Å². The molecule has 0 bridgehead atoms. The summed E-state index contributed by atoms with van der Waals surface area (Å²) in [6.45, 7) is 6.55. The van der Waals surface area contributed by atoms with Crippen molar-refractivity contribution in [3.05, 3.63) is 0 Å². The zero-order chi connectivity index (χ0) is 11.0. The summed E-state index contributed by atoms with van der Waals surface area (Å²) in [7, 11) is 0. The van der Waals surface area contributed by atoms with E-state index in [0.29, 0.717) is 18.9 Å². The zero-order valence-electron chi connectivity index (χ0n) is 9.38. The van der Waals surface area contributed by atoms with E-state index in [1.807, 2.05) is 6.92 Å². The zero-order valence-corrected chi connectivity index (χ0v) is 10.1. The second-order valence-corrected chi connectivity index (χ2v) is 4.19. The van der Waals surface area contributed by atoms with Crippen molar-refractivity contribution in [2.24, 2.45) is 5.92 Å². The summed E-state index contributed by atoms with van der Waals surface area (Å²) in [5.41, 5.74) is 0. The summed E-state index contributed by atoms with van der Waals surface area (Å²) < 4.78 is 4.83. The Morgan fingerprint density at radius 2 is 2.00 bits per heavy atom. The summed E-state index contributed by atoms with van der Waals surface area (Å²) in [6, 6.07) is 0. The van der Waals surface area contributed by atoms with Crippen LogP contribution in [0.5, 0.6) is 0 Å². The quantitative estimate of drug-likeness (QED) is 0.486. The smallest absolute Gasteiger partial charge is 0.305 e. The Labute approximate surface area is 92.0 Å². The lowest BCUT2D eigenvalue weighted by Crippen LogP contribution is -2.14.